The van der Waals surface area contributed by atoms with Crippen LogP contribution < -0.4 is 15.4 Å². The Bertz CT molecular complexity index is 926. The highest BCUT2D eigenvalue weighted by atomic mass is 35.5. The first kappa shape index (κ1) is 21.8. The van der Waals surface area contributed by atoms with Crippen molar-refractivity contribution in [2.75, 3.05) is 5.32 Å². The zero-order valence-electron chi connectivity index (χ0n) is 15.5. The molecule has 3 rings (SSSR count). The first-order valence-electron chi connectivity index (χ1n) is 9.18. The molecule has 3 N–H and O–H groups in total. The Balaban J connectivity index is 1.54. The van der Waals surface area contributed by atoms with Crippen LogP contribution in [0.4, 0.5) is 10.5 Å². The number of rotatable bonds is 6. The summed E-state index contributed by atoms with van der Waals surface area (Å²) in [6.07, 6.45) is 5.13. The second kappa shape index (κ2) is 9.75. The van der Waals surface area contributed by atoms with Crippen molar-refractivity contribution in [3.8, 4) is 0 Å². The second-order valence-electron chi connectivity index (χ2n) is 6.86. The van der Waals surface area contributed by atoms with Crippen LogP contribution in [0.2, 0.25) is 0 Å². The van der Waals surface area contributed by atoms with E-state index in [0.717, 1.165) is 5.56 Å². The van der Waals surface area contributed by atoms with Gasteiger partial charge in [-0.3, -0.25) is 4.98 Å². The highest BCUT2D eigenvalue weighted by molar-refractivity contribution is 7.89. The van der Waals surface area contributed by atoms with Crippen LogP contribution in [-0.2, 0) is 16.6 Å². The van der Waals surface area contributed by atoms with E-state index >= 15 is 0 Å². The third-order valence-electron chi connectivity index (χ3n) is 4.61. The van der Waals surface area contributed by atoms with Crippen LogP contribution in [0, 0.1) is 0 Å². The molecule has 1 aromatic heterocycles. The molecule has 2 amide bonds. The predicted molar refractivity (Wildman–Crippen MR) is 114 cm³/mol. The topological polar surface area (TPSA) is 100 Å². The molecule has 3 unspecified atom stereocenters. The zero-order chi connectivity index (χ0) is 20.9. The molecular weight excluding hydrogens is 435 g/mol. The summed E-state index contributed by atoms with van der Waals surface area (Å²) in [4.78, 5) is 16.1. The van der Waals surface area contributed by atoms with Crippen molar-refractivity contribution in [2.24, 2.45) is 0 Å². The highest BCUT2D eigenvalue weighted by Gasteiger charge is 2.30. The van der Waals surface area contributed by atoms with Gasteiger partial charge in [-0.05, 0) is 55.2 Å². The monoisotopic (exact) mass is 456 g/mol. The molecule has 1 aromatic carbocycles. The normalized spacial score (nSPS) is 22.1. The highest BCUT2D eigenvalue weighted by Crippen LogP contribution is 2.28. The Hall–Kier alpha value is -1.87. The summed E-state index contributed by atoms with van der Waals surface area (Å²) >= 11 is 12.2. The summed E-state index contributed by atoms with van der Waals surface area (Å²) in [5, 5.41) is 4.99. The lowest BCUT2D eigenvalue weighted by molar-refractivity contribution is 0.251. The molecule has 1 aliphatic carbocycles. The van der Waals surface area contributed by atoms with Crippen LogP contribution in [0.3, 0.4) is 0 Å². The first-order valence-corrected chi connectivity index (χ1v) is 11.5. The number of carbonyl (C=O) groups is 1. The Morgan fingerprint density at radius 3 is 2.52 bits per heavy atom. The average Bonchev–Trinajstić information content (AvgIpc) is 2.70. The number of amides is 2. The molecule has 29 heavy (non-hydrogen) atoms. The van der Waals surface area contributed by atoms with Crippen LogP contribution in [0.5, 0.6) is 0 Å². The Morgan fingerprint density at radius 2 is 1.86 bits per heavy atom. The van der Waals surface area contributed by atoms with Gasteiger partial charge in [0.05, 0.1) is 15.6 Å². The molecule has 1 heterocycles. The Labute approximate surface area is 180 Å². The lowest BCUT2D eigenvalue weighted by atomic mass is 9.95. The maximum Gasteiger partial charge on any atom is 0.319 e. The van der Waals surface area contributed by atoms with Gasteiger partial charge in [0.1, 0.15) is 0 Å². The number of alkyl halides is 2. The number of hydrogen-bond acceptors (Lipinski definition) is 4. The summed E-state index contributed by atoms with van der Waals surface area (Å²) in [5.74, 6) is 0. The minimum absolute atomic E-state index is 0.123. The standard InChI is InChI=1S/C19H22Cl2N4O3S/c20-17-8-5-15(10-18(17)21)25-29(27,28)16-6-3-14(4-7-16)24-19(26)23-12-13-2-1-9-22-11-13/h1-4,6-7,9,11,15,17-18,25H,5,8,10,12H2,(H2,23,24,26). The number of carbonyl (C=O) groups excluding carboxylic acids is 1. The van der Waals surface area contributed by atoms with Crippen LogP contribution in [0.25, 0.3) is 0 Å². The molecule has 0 aliphatic heterocycles. The molecule has 7 nitrogen and oxygen atoms in total. The maximum atomic E-state index is 12.6. The summed E-state index contributed by atoms with van der Waals surface area (Å²) in [7, 11) is -3.68. The van der Waals surface area contributed by atoms with E-state index in [9.17, 15) is 13.2 Å². The lowest BCUT2D eigenvalue weighted by Gasteiger charge is -2.29. The number of sulfonamides is 1. The number of halogens is 2. The van der Waals surface area contributed by atoms with Crippen molar-refractivity contribution in [3.63, 3.8) is 0 Å². The van der Waals surface area contributed by atoms with E-state index in [4.69, 9.17) is 23.2 Å². The molecule has 3 atom stereocenters. The quantitative estimate of drug-likeness (QED) is 0.579. The number of nitrogens with one attached hydrogen (secondary N) is 3. The molecule has 0 radical (unpaired) electrons. The van der Waals surface area contributed by atoms with Gasteiger partial charge in [0, 0.05) is 30.7 Å². The number of benzene rings is 1. The molecule has 1 fully saturated rings. The van der Waals surface area contributed by atoms with Crippen molar-refractivity contribution in [3.05, 3.63) is 54.4 Å². The number of hydrogen-bond donors (Lipinski definition) is 3. The first-order chi connectivity index (χ1) is 13.8. The van der Waals surface area contributed by atoms with E-state index in [1.165, 1.54) is 24.3 Å². The van der Waals surface area contributed by atoms with E-state index in [-0.39, 0.29) is 21.7 Å². The van der Waals surface area contributed by atoms with Gasteiger partial charge in [-0.25, -0.2) is 17.9 Å². The van der Waals surface area contributed by atoms with Crippen molar-refractivity contribution >= 4 is 44.9 Å². The molecular formula is C19H22Cl2N4O3S. The van der Waals surface area contributed by atoms with Gasteiger partial charge in [-0.1, -0.05) is 6.07 Å². The summed E-state index contributed by atoms with van der Waals surface area (Å²) < 4.78 is 27.9. The molecule has 1 saturated carbocycles. The predicted octanol–water partition coefficient (Wildman–Crippen LogP) is 3.45. The average molecular weight is 457 g/mol. The zero-order valence-corrected chi connectivity index (χ0v) is 17.8. The fraction of sp³-hybridized carbons (Fsp3) is 0.368. The third-order valence-corrected chi connectivity index (χ3v) is 7.28. The van der Waals surface area contributed by atoms with E-state index in [2.05, 4.69) is 20.3 Å². The molecule has 0 saturated heterocycles. The SMILES string of the molecule is O=C(NCc1cccnc1)Nc1ccc(S(=O)(=O)NC2CCC(Cl)C(Cl)C2)cc1. The summed E-state index contributed by atoms with van der Waals surface area (Å²) in [5.41, 5.74) is 1.36. The second-order valence-corrected chi connectivity index (χ2v) is 9.69. The molecule has 10 heteroatoms. The fourth-order valence-electron chi connectivity index (χ4n) is 3.05. The minimum atomic E-state index is -3.68. The van der Waals surface area contributed by atoms with E-state index < -0.39 is 16.1 Å². The van der Waals surface area contributed by atoms with Crippen molar-refractivity contribution in [2.45, 2.75) is 47.5 Å². The Kier molecular flexibility index (Phi) is 7.34. The summed E-state index contributed by atoms with van der Waals surface area (Å²) in [6, 6.07) is 8.98. The van der Waals surface area contributed by atoms with Crippen LogP contribution in [0.1, 0.15) is 24.8 Å². The number of anilines is 1. The number of nitrogens with zero attached hydrogens (tertiary/aromatic N) is 1. The van der Waals surface area contributed by atoms with Gasteiger partial charge in [-0.15, -0.1) is 23.2 Å². The van der Waals surface area contributed by atoms with Gasteiger partial charge in [0.25, 0.3) is 0 Å². The largest absolute Gasteiger partial charge is 0.334 e. The van der Waals surface area contributed by atoms with E-state index in [1.54, 1.807) is 18.5 Å². The number of urea groups is 1. The van der Waals surface area contributed by atoms with Gasteiger partial charge in [0.2, 0.25) is 10.0 Å². The van der Waals surface area contributed by atoms with Crippen LogP contribution >= 0.6 is 23.2 Å². The number of pyridine rings is 1. The van der Waals surface area contributed by atoms with Gasteiger partial charge in [0.15, 0.2) is 0 Å². The van der Waals surface area contributed by atoms with Crippen molar-refractivity contribution in [1.29, 1.82) is 0 Å². The number of aromatic nitrogens is 1. The van der Waals surface area contributed by atoms with Gasteiger partial charge < -0.3 is 10.6 Å². The lowest BCUT2D eigenvalue weighted by Crippen LogP contribution is -2.41. The summed E-state index contributed by atoms with van der Waals surface area (Å²) in [6.45, 7) is 0.335. The fourth-order valence-corrected chi connectivity index (χ4v) is 4.90. The van der Waals surface area contributed by atoms with E-state index in [1.807, 2.05) is 6.07 Å². The Morgan fingerprint density at radius 1 is 1.10 bits per heavy atom. The molecule has 0 spiro atoms. The van der Waals surface area contributed by atoms with Crippen molar-refractivity contribution < 1.29 is 13.2 Å². The smallest absolute Gasteiger partial charge is 0.319 e. The van der Waals surface area contributed by atoms with Gasteiger partial charge in [-0.2, -0.15) is 0 Å². The molecule has 0 bridgehead atoms. The molecule has 2 aromatic rings. The van der Waals surface area contributed by atoms with Crippen molar-refractivity contribution in [1.82, 2.24) is 15.0 Å². The molecule has 1 aliphatic rings. The maximum absolute atomic E-state index is 12.6. The minimum Gasteiger partial charge on any atom is -0.334 e. The van der Waals surface area contributed by atoms with E-state index in [0.29, 0.717) is 31.5 Å². The van der Waals surface area contributed by atoms with Crippen LogP contribution in [0.15, 0.2) is 53.7 Å². The van der Waals surface area contributed by atoms with Crippen LogP contribution in [-0.4, -0.2) is 36.2 Å². The molecule has 156 valence electrons. The van der Waals surface area contributed by atoms with Gasteiger partial charge >= 0.3 is 6.03 Å². The third kappa shape index (κ3) is 6.30.